The van der Waals surface area contributed by atoms with Gasteiger partial charge in [-0.2, -0.15) is 0 Å². The van der Waals surface area contributed by atoms with Gasteiger partial charge in [0.05, 0.1) is 0 Å². The highest BCUT2D eigenvalue weighted by Crippen LogP contribution is 2.15. The van der Waals surface area contributed by atoms with Gasteiger partial charge in [0.15, 0.2) is 5.78 Å². The summed E-state index contributed by atoms with van der Waals surface area (Å²) in [5.74, 6) is 0.244. The van der Waals surface area contributed by atoms with E-state index >= 15 is 0 Å². The fraction of sp³-hybridized carbons (Fsp3) is 0.318. The Morgan fingerprint density at radius 1 is 0.917 bits per heavy atom. The van der Waals surface area contributed by atoms with Gasteiger partial charge in [-0.3, -0.25) is 4.79 Å². The van der Waals surface area contributed by atoms with Crippen LogP contribution in [0.15, 0.2) is 54.6 Å². The van der Waals surface area contributed by atoms with Crippen LogP contribution in [0.5, 0.6) is 0 Å². The number of benzene rings is 2. The first-order chi connectivity index (χ1) is 11.8. The van der Waals surface area contributed by atoms with E-state index in [1.165, 1.54) is 24.8 Å². The molecule has 0 radical (unpaired) electrons. The fourth-order valence-electron chi connectivity index (χ4n) is 3.15. The lowest BCUT2D eigenvalue weighted by atomic mass is 9.99. The van der Waals surface area contributed by atoms with Gasteiger partial charge in [-0.1, -0.05) is 79.6 Å². The molecule has 2 aromatic carbocycles. The van der Waals surface area contributed by atoms with E-state index in [0.29, 0.717) is 12.5 Å². The molecule has 24 heavy (non-hydrogen) atoms. The van der Waals surface area contributed by atoms with E-state index in [4.69, 9.17) is 0 Å². The molecule has 1 aliphatic heterocycles. The molecule has 124 valence electrons. The van der Waals surface area contributed by atoms with Gasteiger partial charge in [-0.15, -0.1) is 0 Å². The van der Waals surface area contributed by atoms with Gasteiger partial charge in [0, 0.05) is 18.0 Å². The number of carbonyl (C=O) groups is 1. The lowest BCUT2D eigenvalue weighted by Gasteiger charge is -2.14. The van der Waals surface area contributed by atoms with Crippen LogP contribution in [0.3, 0.4) is 0 Å². The molecule has 1 N–H and O–H groups in total. The number of hydrogen-bond donors (Lipinski definition) is 1. The van der Waals surface area contributed by atoms with Crippen LogP contribution in [0, 0.1) is 0 Å². The van der Waals surface area contributed by atoms with Gasteiger partial charge in [-0.05, 0) is 30.5 Å². The topological polar surface area (TPSA) is 29.1 Å². The number of rotatable bonds is 5. The largest absolute Gasteiger partial charge is 0.314 e. The van der Waals surface area contributed by atoms with Gasteiger partial charge in [-0.25, -0.2) is 0 Å². The highest BCUT2D eigenvalue weighted by Gasteiger charge is 2.16. The van der Waals surface area contributed by atoms with Crippen LogP contribution in [0.2, 0.25) is 0 Å². The second-order valence-electron chi connectivity index (χ2n) is 6.49. The minimum Gasteiger partial charge on any atom is -0.314 e. The summed E-state index contributed by atoms with van der Waals surface area (Å²) >= 11 is 0. The second-order valence-corrected chi connectivity index (χ2v) is 6.49. The standard InChI is InChI=1S/C22H25NO/c24-22(17-21-9-5-2-6-16-23-21)20-14-12-19(13-15-20)11-10-18-7-3-1-4-8-18/h1,3-4,7-8,10-15,21,23H,2,5-6,9,16-17H2/b11-10+. The van der Waals surface area contributed by atoms with E-state index in [9.17, 15) is 4.79 Å². The Hall–Kier alpha value is -2.19. The lowest BCUT2D eigenvalue weighted by molar-refractivity contribution is 0.0968. The first-order valence-electron chi connectivity index (χ1n) is 8.91. The second kappa shape index (κ2) is 8.60. The predicted molar refractivity (Wildman–Crippen MR) is 101 cm³/mol. The minimum atomic E-state index is 0.244. The molecule has 0 spiro atoms. The zero-order valence-corrected chi connectivity index (χ0v) is 14.1. The number of hydrogen-bond acceptors (Lipinski definition) is 2. The molecule has 0 bridgehead atoms. The van der Waals surface area contributed by atoms with Crippen LogP contribution in [-0.2, 0) is 0 Å². The molecule has 1 unspecified atom stereocenters. The third kappa shape index (κ3) is 4.90. The van der Waals surface area contributed by atoms with Crippen LogP contribution in [-0.4, -0.2) is 18.4 Å². The number of Topliss-reactive ketones (excluding diaryl/α,β-unsaturated/α-hetero) is 1. The minimum absolute atomic E-state index is 0.244. The van der Waals surface area contributed by atoms with Crippen LogP contribution in [0.25, 0.3) is 12.2 Å². The SMILES string of the molecule is O=C(CC1CCCCCN1)c1ccc(/C=C/c2ccccc2)cc1. The van der Waals surface area contributed by atoms with Gasteiger partial charge in [0.1, 0.15) is 0 Å². The molecule has 2 aromatic rings. The Balaban J connectivity index is 1.59. The lowest BCUT2D eigenvalue weighted by Crippen LogP contribution is -2.30. The van der Waals surface area contributed by atoms with Crippen molar-refractivity contribution in [3.63, 3.8) is 0 Å². The monoisotopic (exact) mass is 319 g/mol. The van der Waals surface area contributed by atoms with Crippen LogP contribution in [0.1, 0.15) is 53.6 Å². The van der Waals surface area contributed by atoms with Crippen molar-refractivity contribution in [3.8, 4) is 0 Å². The molecule has 1 aliphatic rings. The smallest absolute Gasteiger partial charge is 0.164 e. The number of nitrogens with one attached hydrogen (secondary N) is 1. The molecule has 3 rings (SSSR count). The normalized spacial score (nSPS) is 18.4. The highest BCUT2D eigenvalue weighted by molar-refractivity contribution is 5.96. The molecule has 2 nitrogen and oxygen atoms in total. The molecule has 0 saturated carbocycles. The van der Waals surface area contributed by atoms with Crippen LogP contribution >= 0.6 is 0 Å². The van der Waals surface area contributed by atoms with Crippen LogP contribution < -0.4 is 5.32 Å². The molecule has 0 aliphatic carbocycles. The number of carbonyl (C=O) groups excluding carboxylic acids is 1. The highest BCUT2D eigenvalue weighted by atomic mass is 16.1. The molecule has 1 atom stereocenters. The van der Waals surface area contributed by atoms with Crippen molar-refractivity contribution >= 4 is 17.9 Å². The fourth-order valence-corrected chi connectivity index (χ4v) is 3.15. The molecule has 2 heteroatoms. The quantitative estimate of drug-likeness (QED) is 0.623. The summed E-state index contributed by atoms with van der Waals surface area (Å²) < 4.78 is 0. The van der Waals surface area contributed by atoms with Crippen molar-refractivity contribution in [1.82, 2.24) is 5.32 Å². The van der Waals surface area contributed by atoms with Crippen molar-refractivity contribution in [2.24, 2.45) is 0 Å². The Labute approximate surface area is 144 Å². The third-order valence-corrected chi connectivity index (χ3v) is 4.59. The summed E-state index contributed by atoms with van der Waals surface area (Å²) in [6.45, 7) is 1.04. The molecular formula is C22H25NO. The summed E-state index contributed by atoms with van der Waals surface area (Å²) in [6.07, 6.45) is 9.63. The van der Waals surface area contributed by atoms with E-state index in [1.807, 2.05) is 42.5 Å². The zero-order valence-electron chi connectivity index (χ0n) is 14.1. The van der Waals surface area contributed by atoms with Gasteiger partial charge in [0.25, 0.3) is 0 Å². The maximum atomic E-state index is 12.5. The summed E-state index contributed by atoms with van der Waals surface area (Å²) in [5.41, 5.74) is 3.11. The van der Waals surface area contributed by atoms with Gasteiger partial charge in [0.2, 0.25) is 0 Å². The Morgan fingerprint density at radius 2 is 1.62 bits per heavy atom. The summed E-state index contributed by atoms with van der Waals surface area (Å²) in [6, 6.07) is 18.5. The van der Waals surface area contributed by atoms with Crippen molar-refractivity contribution in [1.29, 1.82) is 0 Å². The summed E-state index contributed by atoms with van der Waals surface area (Å²) in [5, 5.41) is 3.50. The molecule has 1 saturated heterocycles. The average molecular weight is 319 g/mol. The van der Waals surface area contributed by atoms with Gasteiger partial charge < -0.3 is 5.32 Å². The first kappa shape index (κ1) is 16.7. The molecule has 0 aromatic heterocycles. The predicted octanol–water partition coefficient (Wildman–Crippen LogP) is 4.96. The van der Waals surface area contributed by atoms with Crippen molar-refractivity contribution in [2.75, 3.05) is 6.54 Å². The van der Waals surface area contributed by atoms with E-state index in [2.05, 4.69) is 29.6 Å². The van der Waals surface area contributed by atoms with Crippen molar-refractivity contribution in [3.05, 3.63) is 71.3 Å². The Kier molecular flexibility index (Phi) is 5.97. The van der Waals surface area contributed by atoms with Crippen LogP contribution in [0.4, 0.5) is 0 Å². The Bertz CT molecular complexity index is 665. The Morgan fingerprint density at radius 3 is 2.38 bits per heavy atom. The van der Waals surface area contributed by atoms with E-state index in [1.54, 1.807) is 0 Å². The van der Waals surface area contributed by atoms with E-state index in [-0.39, 0.29) is 5.78 Å². The zero-order chi connectivity index (χ0) is 16.6. The molecular weight excluding hydrogens is 294 g/mol. The maximum Gasteiger partial charge on any atom is 0.164 e. The average Bonchev–Trinajstić information content (AvgIpc) is 2.90. The maximum absolute atomic E-state index is 12.5. The molecule has 1 heterocycles. The van der Waals surface area contributed by atoms with E-state index in [0.717, 1.165) is 24.1 Å². The van der Waals surface area contributed by atoms with Crippen molar-refractivity contribution < 1.29 is 4.79 Å². The third-order valence-electron chi connectivity index (χ3n) is 4.59. The van der Waals surface area contributed by atoms with Gasteiger partial charge >= 0.3 is 0 Å². The summed E-state index contributed by atoms with van der Waals surface area (Å²) in [4.78, 5) is 12.5. The summed E-state index contributed by atoms with van der Waals surface area (Å²) in [7, 11) is 0. The van der Waals surface area contributed by atoms with Crippen molar-refractivity contribution in [2.45, 2.75) is 38.1 Å². The molecule has 0 amide bonds. The number of ketones is 1. The molecule has 1 fully saturated rings. The first-order valence-corrected chi connectivity index (χ1v) is 8.91. The van der Waals surface area contributed by atoms with E-state index < -0.39 is 0 Å².